The lowest BCUT2D eigenvalue weighted by atomic mass is 10.1. The highest BCUT2D eigenvalue weighted by atomic mass is 19.1. The van der Waals surface area contributed by atoms with E-state index >= 15 is 0 Å². The number of imidazole rings is 1. The first-order valence-electron chi connectivity index (χ1n) is 6.60. The number of ether oxygens (including phenoxy) is 1. The molecular weight excluding hydrogens is 259 g/mol. The second-order valence-corrected chi connectivity index (χ2v) is 5.03. The highest BCUT2D eigenvalue weighted by molar-refractivity contribution is 5.35. The van der Waals surface area contributed by atoms with Crippen LogP contribution in [0.4, 0.5) is 4.39 Å². The summed E-state index contributed by atoms with van der Waals surface area (Å²) in [5.41, 5.74) is 1.47. The molecule has 2 aromatic rings. The molecule has 0 saturated heterocycles. The Morgan fingerprint density at radius 2 is 2.10 bits per heavy atom. The average Bonchev–Trinajstić information content (AvgIpc) is 2.84. The molecule has 1 unspecified atom stereocenters. The van der Waals surface area contributed by atoms with Crippen molar-refractivity contribution in [2.24, 2.45) is 0 Å². The SMILES string of the molecule is CC(O)c1ccc(F)cc1OCc1cncn1C(C)C. The Morgan fingerprint density at radius 1 is 1.35 bits per heavy atom. The third kappa shape index (κ3) is 3.17. The van der Waals surface area contributed by atoms with Crippen molar-refractivity contribution in [2.75, 3.05) is 0 Å². The van der Waals surface area contributed by atoms with Crippen molar-refractivity contribution in [1.82, 2.24) is 9.55 Å². The Morgan fingerprint density at radius 3 is 2.75 bits per heavy atom. The Hall–Kier alpha value is -1.88. The summed E-state index contributed by atoms with van der Waals surface area (Å²) in [5, 5.41) is 9.68. The van der Waals surface area contributed by atoms with Gasteiger partial charge < -0.3 is 14.4 Å². The van der Waals surface area contributed by atoms with E-state index in [9.17, 15) is 9.50 Å². The van der Waals surface area contributed by atoms with Crippen LogP contribution < -0.4 is 4.74 Å². The van der Waals surface area contributed by atoms with Gasteiger partial charge >= 0.3 is 0 Å². The van der Waals surface area contributed by atoms with E-state index in [0.29, 0.717) is 11.3 Å². The molecule has 20 heavy (non-hydrogen) atoms. The number of hydrogen-bond donors (Lipinski definition) is 1. The molecule has 1 heterocycles. The first-order valence-corrected chi connectivity index (χ1v) is 6.60. The zero-order valence-corrected chi connectivity index (χ0v) is 11.9. The Balaban J connectivity index is 2.18. The summed E-state index contributed by atoms with van der Waals surface area (Å²) in [5.74, 6) is -0.0294. The van der Waals surface area contributed by atoms with Crippen LogP contribution in [0, 0.1) is 5.82 Å². The maximum Gasteiger partial charge on any atom is 0.130 e. The third-order valence-corrected chi connectivity index (χ3v) is 3.10. The van der Waals surface area contributed by atoms with Gasteiger partial charge in [-0.1, -0.05) is 0 Å². The number of nitrogens with zero attached hydrogens (tertiary/aromatic N) is 2. The van der Waals surface area contributed by atoms with Crippen LogP contribution in [0.15, 0.2) is 30.7 Å². The molecule has 0 amide bonds. The lowest BCUT2D eigenvalue weighted by Crippen LogP contribution is -2.08. The number of benzene rings is 1. The van der Waals surface area contributed by atoms with Crippen LogP contribution in [0.3, 0.4) is 0 Å². The topological polar surface area (TPSA) is 47.3 Å². The van der Waals surface area contributed by atoms with Gasteiger partial charge in [-0.05, 0) is 32.9 Å². The molecule has 0 fully saturated rings. The zero-order chi connectivity index (χ0) is 14.7. The summed E-state index contributed by atoms with van der Waals surface area (Å²) in [6, 6.07) is 4.42. The molecule has 1 N–H and O–H groups in total. The summed E-state index contributed by atoms with van der Waals surface area (Å²) in [6.45, 7) is 6.00. The van der Waals surface area contributed by atoms with Crippen molar-refractivity contribution in [3.63, 3.8) is 0 Å². The molecule has 108 valence electrons. The zero-order valence-electron chi connectivity index (χ0n) is 11.9. The van der Waals surface area contributed by atoms with Gasteiger partial charge in [-0.2, -0.15) is 0 Å². The fourth-order valence-corrected chi connectivity index (χ4v) is 2.04. The van der Waals surface area contributed by atoms with Crippen LogP contribution in [0.1, 0.15) is 44.2 Å². The van der Waals surface area contributed by atoms with E-state index in [1.165, 1.54) is 18.2 Å². The van der Waals surface area contributed by atoms with Crippen LogP contribution in [-0.2, 0) is 6.61 Å². The minimum absolute atomic E-state index is 0.278. The molecule has 0 bridgehead atoms. The molecule has 0 aliphatic rings. The highest BCUT2D eigenvalue weighted by Crippen LogP contribution is 2.27. The van der Waals surface area contributed by atoms with Gasteiger partial charge in [0, 0.05) is 17.7 Å². The number of halogens is 1. The summed E-state index contributed by atoms with van der Waals surface area (Å²) < 4.78 is 20.9. The average molecular weight is 278 g/mol. The van der Waals surface area contributed by atoms with Crippen LogP contribution in [0.5, 0.6) is 5.75 Å². The molecule has 2 rings (SSSR count). The second kappa shape index (κ2) is 6.05. The number of aromatic nitrogens is 2. The predicted octanol–water partition coefficient (Wildman–Crippen LogP) is 3.24. The van der Waals surface area contributed by atoms with Crippen molar-refractivity contribution in [1.29, 1.82) is 0 Å². The lowest BCUT2D eigenvalue weighted by molar-refractivity contribution is 0.189. The molecule has 1 atom stereocenters. The highest BCUT2D eigenvalue weighted by Gasteiger charge is 2.12. The van der Waals surface area contributed by atoms with Gasteiger partial charge in [0.05, 0.1) is 24.3 Å². The lowest BCUT2D eigenvalue weighted by Gasteiger charge is -2.15. The van der Waals surface area contributed by atoms with Gasteiger partial charge in [-0.3, -0.25) is 0 Å². The van der Waals surface area contributed by atoms with Gasteiger partial charge in [-0.25, -0.2) is 9.37 Å². The van der Waals surface area contributed by atoms with E-state index in [1.54, 1.807) is 19.4 Å². The standard InChI is InChI=1S/C15H19FN2O2/c1-10(2)18-9-17-7-13(18)8-20-15-6-12(16)4-5-14(15)11(3)19/h4-7,9-11,19H,8H2,1-3H3. The number of aliphatic hydroxyl groups is 1. The molecule has 1 aromatic carbocycles. The van der Waals surface area contributed by atoms with E-state index < -0.39 is 6.10 Å². The molecule has 0 saturated carbocycles. The smallest absolute Gasteiger partial charge is 0.130 e. The Labute approximate surface area is 117 Å². The first-order chi connectivity index (χ1) is 9.49. The summed E-state index contributed by atoms with van der Waals surface area (Å²) in [6.07, 6.45) is 2.76. The third-order valence-electron chi connectivity index (χ3n) is 3.10. The summed E-state index contributed by atoms with van der Waals surface area (Å²) >= 11 is 0. The van der Waals surface area contributed by atoms with Gasteiger partial charge in [0.2, 0.25) is 0 Å². The van der Waals surface area contributed by atoms with Gasteiger partial charge in [0.15, 0.2) is 0 Å². The normalized spacial score (nSPS) is 12.7. The van der Waals surface area contributed by atoms with Crippen LogP contribution in [-0.4, -0.2) is 14.7 Å². The van der Waals surface area contributed by atoms with E-state index in [0.717, 1.165) is 5.69 Å². The summed E-state index contributed by atoms with van der Waals surface area (Å²) in [4.78, 5) is 4.09. The summed E-state index contributed by atoms with van der Waals surface area (Å²) in [7, 11) is 0. The van der Waals surface area contributed by atoms with Crippen LogP contribution in [0.25, 0.3) is 0 Å². The predicted molar refractivity (Wildman–Crippen MR) is 74.0 cm³/mol. The largest absolute Gasteiger partial charge is 0.487 e. The second-order valence-electron chi connectivity index (χ2n) is 5.03. The maximum absolute atomic E-state index is 13.3. The number of rotatable bonds is 5. The van der Waals surface area contributed by atoms with Crippen LogP contribution >= 0.6 is 0 Å². The van der Waals surface area contributed by atoms with Crippen molar-refractivity contribution in [3.8, 4) is 5.75 Å². The van der Waals surface area contributed by atoms with Gasteiger partial charge in [-0.15, -0.1) is 0 Å². The molecule has 1 aromatic heterocycles. The monoisotopic (exact) mass is 278 g/mol. The van der Waals surface area contributed by atoms with Crippen LogP contribution in [0.2, 0.25) is 0 Å². The van der Waals surface area contributed by atoms with E-state index in [1.807, 2.05) is 4.57 Å². The van der Waals surface area contributed by atoms with Crippen molar-refractivity contribution in [3.05, 3.63) is 47.8 Å². The quantitative estimate of drug-likeness (QED) is 0.913. The molecule has 5 heteroatoms. The van der Waals surface area contributed by atoms with E-state index in [2.05, 4.69) is 18.8 Å². The first kappa shape index (κ1) is 14.5. The van der Waals surface area contributed by atoms with Crippen molar-refractivity contribution >= 4 is 0 Å². The van der Waals surface area contributed by atoms with Crippen molar-refractivity contribution < 1.29 is 14.2 Å². The Bertz CT molecular complexity index is 579. The Kier molecular flexibility index (Phi) is 4.39. The molecule has 4 nitrogen and oxygen atoms in total. The van der Waals surface area contributed by atoms with Gasteiger partial charge in [0.1, 0.15) is 18.2 Å². The fourth-order valence-electron chi connectivity index (χ4n) is 2.04. The molecule has 0 spiro atoms. The molecule has 0 aliphatic carbocycles. The minimum atomic E-state index is -0.708. The maximum atomic E-state index is 13.3. The van der Waals surface area contributed by atoms with E-state index in [-0.39, 0.29) is 18.5 Å². The number of aliphatic hydroxyl groups excluding tert-OH is 1. The number of hydrogen-bond acceptors (Lipinski definition) is 3. The van der Waals surface area contributed by atoms with Crippen molar-refractivity contribution in [2.45, 2.75) is 39.5 Å². The fraction of sp³-hybridized carbons (Fsp3) is 0.400. The minimum Gasteiger partial charge on any atom is -0.487 e. The molecule has 0 aliphatic heterocycles. The molecular formula is C15H19FN2O2. The molecule has 0 radical (unpaired) electrons. The van der Waals surface area contributed by atoms with E-state index in [4.69, 9.17) is 4.74 Å². The van der Waals surface area contributed by atoms with Gasteiger partial charge in [0.25, 0.3) is 0 Å².